The van der Waals surface area contributed by atoms with E-state index >= 15 is 0 Å². The number of carbonyl (C=O) groups excluding carboxylic acids is 1. The first-order valence-electron chi connectivity index (χ1n) is 7.69. The predicted octanol–water partition coefficient (Wildman–Crippen LogP) is 3.09. The number of hydrazone groups is 1. The number of hydrogen-bond acceptors (Lipinski definition) is 4. The molecule has 0 saturated carbocycles. The molecule has 24 heavy (non-hydrogen) atoms. The van der Waals surface area contributed by atoms with Crippen molar-refractivity contribution in [2.24, 2.45) is 5.10 Å². The largest absolute Gasteiger partial charge is 0.504 e. The molecule has 2 rings (SSSR count). The second-order valence-corrected chi connectivity index (χ2v) is 6.67. The summed E-state index contributed by atoms with van der Waals surface area (Å²) in [4.78, 5) is 11.9. The molecular weight excluding hydrogens is 304 g/mol. The summed E-state index contributed by atoms with van der Waals surface area (Å²) in [6.45, 7) is 6.43. The third-order valence-corrected chi connectivity index (χ3v) is 3.59. The van der Waals surface area contributed by atoms with Crippen molar-refractivity contribution in [3.8, 4) is 11.5 Å². The fourth-order valence-electron chi connectivity index (χ4n) is 2.15. The molecule has 0 aliphatic rings. The number of amides is 1. The van der Waals surface area contributed by atoms with Gasteiger partial charge in [-0.05, 0) is 40.3 Å². The average Bonchev–Trinajstić information content (AvgIpc) is 2.50. The maximum atomic E-state index is 11.9. The van der Waals surface area contributed by atoms with E-state index in [9.17, 15) is 15.0 Å². The Hall–Kier alpha value is -2.82. The van der Waals surface area contributed by atoms with Crippen LogP contribution in [0.2, 0.25) is 0 Å². The molecule has 0 heterocycles. The third-order valence-electron chi connectivity index (χ3n) is 3.59. The van der Waals surface area contributed by atoms with E-state index < -0.39 is 0 Å². The van der Waals surface area contributed by atoms with Crippen LogP contribution < -0.4 is 5.43 Å². The molecule has 0 aromatic heterocycles. The highest BCUT2D eigenvalue weighted by Crippen LogP contribution is 2.24. The number of phenols is 2. The maximum absolute atomic E-state index is 11.9. The molecule has 1 amide bonds. The van der Waals surface area contributed by atoms with Gasteiger partial charge in [0, 0.05) is 0 Å². The first-order chi connectivity index (χ1) is 11.3. The van der Waals surface area contributed by atoms with Gasteiger partial charge in [0.1, 0.15) is 0 Å². The lowest BCUT2D eigenvalue weighted by Gasteiger charge is -2.19. The monoisotopic (exact) mass is 326 g/mol. The Labute approximate surface area is 141 Å². The van der Waals surface area contributed by atoms with E-state index in [2.05, 4.69) is 31.3 Å². The van der Waals surface area contributed by atoms with Crippen molar-refractivity contribution in [3.05, 3.63) is 59.2 Å². The highest BCUT2D eigenvalue weighted by molar-refractivity contribution is 5.83. The average molecular weight is 326 g/mol. The highest BCUT2D eigenvalue weighted by Gasteiger charge is 2.13. The Morgan fingerprint density at radius 2 is 1.75 bits per heavy atom. The lowest BCUT2D eigenvalue weighted by molar-refractivity contribution is -0.120. The van der Waals surface area contributed by atoms with Crippen molar-refractivity contribution < 1.29 is 15.0 Å². The summed E-state index contributed by atoms with van der Waals surface area (Å²) < 4.78 is 0. The van der Waals surface area contributed by atoms with Gasteiger partial charge >= 0.3 is 0 Å². The Bertz CT molecular complexity index is 744. The van der Waals surface area contributed by atoms with Crippen LogP contribution in [-0.4, -0.2) is 22.3 Å². The third kappa shape index (κ3) is 4.84. The molecule has 5 heteroatoms. The maximum Gasteiger partial charge on any atom is 0.244 e. The standard InChI is InChI=1S/C19H22N2O3/c1-19(2,3)15-7-4-13(5-8-15)11-18(24)21-20-12-14-6-9-16(22)17(23)10-14/h4-10,12,22-23H,11H2,1-3H3,(H,21,24)/b20-12-. The molecule has 0 aliphatic heterocycles. The SMILES string of the molecule is CC(C)(C)c1ccc(CC(=O)N/N=C\c2ccc(O)c(O)c2)cc1. The van der Waals surface area contributed by atoms with Gasteiger partial charge in [-0.15, -0.1) is 0 Å². The second kappa shape index (κ2) is 7.17. The predicted molar refractivity (Wildman–Crippen MR) is 94.4 cm³/mol. The number of benzene rings is 2. The fraction of sp³-hybridized carbons (Fsp3) is 0.263. The van der Waals surface area contributed by atoms with Crippen molar-refractivity contribution in [2.45, 2.75) is 32.6 Å². The zero-order valence-corrected chi connectivity index (χ0v) is 14.1. The number of phenolic OH excluding ortho intramolecular Hbond substituents is 2. The van der Waals surface area contributed by atoms with E-state index in [1.54, 1.807) is 6.07 Å². The van der Waals surface area contributed by atoms with E-state index in [0.717, 1.165) is 5.56 Å². The first-order valence-corrected chi connectivity index (χ1v) is 7.69. The van der Waals surface area contributed by atoms with Crippen LogP contribution in [0.4, 0.5) is 0 Å². The van der Waals surface area contributed by atoms with Gasteiger partial charge < -0.3 is 10.2 Å². The number of aromatic hydroxyl groups is 2. The summed E-state index contributed by atoms with van der Waals surface area (Å²) in [7, 11) is 0. The summed E-state index contributed by atoms with van der Waals surface area (Å²) in [6.07, 6.45) is 1.64. The van der Waals surface area contributed by atoms with Crippen LogP contribution in [0.5, 0.6) is 11.5 Å². The summed E-state index contributed by atoms with van der Waals surface area (Å²) in [6, 6.07) is 12.3. The Kier molecular flexibility index (Phi) is 5.24. The van der Waals surface area contributed by atoms with E-state index in [0.29, 0.717) is 5.56 Å². The van der Waals surface area contributed by atoms with E-state index in [4.69, 9.17) is 0 Å². The van der Waals surface area contributed by atoms with E-state index in [-0.39, 0.29) is 29.2 Å². The molecule has 2 aromatic rings. The molecule has 126 valence electrons. The van der Waals surface area contributed by atoms with Crippen LogP contribution in [-0.2, 0) is 16.6 Å². The van der Waals surface area contributed by atoms with Crippen molar-refractivity contribution in [2.75, 3.05) is 0 Å². The number of nitrogens with zero attached hydrogens (tertiary/aromatic N) is 1. The van der Waals surface area contributed by atoms with E-state index in [1.165, 1.54) is 23.9 Å². The van der Waals surface area contributed by atoms with Gasteiger partial charge in [0.05, 0.1) is 12.6 Å². The minimum Gasteiger partial charge on any atom is -0.504 e. The van der Waals surface area contributed by atoms with Gasteiger partial charge in [-0.1, -0.05) is 45.0 Å². The van der Waals surface area contributed by atoms with Crippen molar-refractivity contribution >= 4 is 12.1 Å². The highest BCUT2D eigenvalue weighted by atomic mass is 16.3. The van der Waals surface area contributed by atoms with Crippen LogP contribution >= 0.6 is 0 Å². The molecular formula is C19H22N2O3. The minimum absolute atomic E-state index is 0.0841. The lowest BCUT2D eigenvalue weighted by Crippen LogP contribution is -2.20. The molecule has 0 radical (unpaired) electrons. The summed E-state index contributed by atoms with van der Waals surface area (Å²) in [5, 5.41) is 22.5. The topological polar surface area (TPSA) is 81.9 Å². The molecule has 0 bridgehead atoms. The summed E-state index contributed by atoms with van der Waals surface area (Å²) in [5.41, 5.74) is 5.23. The quantitative estimate of drug-likeness (QED) is 0.459. The Morgan fingerprint density at radius 3 is 2.33 bits per heavy atom. The molecule has 0 fully saturated rings. The molecule has 0 aliphatic carbocycles. The van der Waals surface area contributed by atoms with Gasteiger partial charge in [0.2, 0.25) is 5.91 Å². The van der Waals surface area contributed by atoms with Gasteiger partial charge in [0.15, 0.2) is 11.5 Å². The summed E-state index contributed by atoms with van der Waals surface area (Å²) >= 11 is 0. The molecule has 5 nitrogen and oxygen atoms in total. The zero-order valence-electron chi connectivity index (χ0n) is 14.1. The van der Waals surface area contributed by atoms with Crippen LogP contribution in [0.15, 0.2) is 47.6 Å². The molecule has 2 aromatic carbocycles. The number of hydrogen-bond donors (Lipinski definition) is 3. The van der Waals surface area contributed by atoms with Gasteiger partial charge in [-0.3, -0.25) is 4.79 Å². The van der Waals surface area contributed by atoms with E-state index in [1.807, 2.05) is 24.3 Å². The number of nitrogens with one attached hydrogen (secondary N) is 1. The lowest BCUT2D eigenvalue weighted by atomic mass is 9.86. The van der Waals surface area contributed by atoms with Crippen LogP contribution in [0, 0.1) is 0 Å². The van der Waals surface area contributed by atoms with Crippen LogP contribution in [0.1, 0.15) is 37.5 Å². The zero-order chi connectivity index (χ0) is 17.7. The smallest absolute Gasteiger partial charge is 0.244 e. The summed E-state index contributed by atoms with van der Waals surface area (Å²) in [5.74, 6) is -0.656. The number of carbonyl (C=O) groups is 1. The van der Waals surface area contributed by atoms with Gasteiger partial charge in [-0.2, -0.15) is 5.10 Å². The Morgan fingerprint density at radius 1 is 1.08 bits per heavy atom. The molecule has 0 unspecified atom stereocenters. The first kappa shape index (κ1) is 17.5. The Balaban J connectivity index is 1.91. The van der Waals surface area contributed by atoms with Crippen molar-refractivity contribution in [1.29, 1.82) is 0 Å². The van der Waals surface area contributed by atoms with Crippen LogP contribution in [0.25, 0.3) is 0 Å². The normalized spacial score (nSPS) is 11.6. The molecule has 0 atom stereocenters. The fourth-order valence-corrected chi connectivity index (χ4v) is 2.15. The van der Waals surface area contributed by atoms with Crippen LogP contribution in [0.3, 0.4) is 0 Å². The molecule has 0 saturated heterocycles. The number of rotatable bonds is 4. The van der Waals surface area contributed by atoms with Crippen molar-refractivity contribution in [3.63, 3.8) is 0 Å². The van der Waals surface area contributed by atoms with Crippen molar-refractivity contribution in [1.82, 2.24) is 5.43 Å². The molecule has 3 N–H and O–H groups in total. The van der Waals surface area contributed by atoms with Gasteiger partial charge in [-0.25, -0.2) is 5.43 Å². The second-order valence-electron chi connectivity index (χ2n) is 6.67. The van der Waals surface area contributed by atoms with Gasteiger partial charge in [0.25, 0.3) is 0 Å². The molecule has 0 spiro atoms. The minimum atomic E-state index is -0.232.